The van der Waals surface area contributed by atoms with E-state index in [4.69, 9.17) is 4.74 Å². The van der Waals surface area contributed by atoms with Crippen molar-refractivity contribution in [3.8, 4) is 17.0 Å². The third-order valence-electron chi connectivity index (χ3n) is 5.55. The van der Waals surface area contributed by atoms with Gasteiger partial charge in [0.15, 0.2) is 5.82 Å². The van der Waals surface area contributed by atoms with Gasteiger partial charge in [-0.15, -0.1) is 10.2 Å². The number of aryl methyl sites for hydroxylation is 1. The number of carbonyl (C=O) groups excluding carboxylic acids is 1. The summed E-state index contributed by atoms with van der Waals surface area (Å²) in [7, 11) is 1.65. The van der Waals surface area contributed by atoms with Crippen LogP contribution in [0.4, 0.5) is 16.3 Å². The molecule has 0 saturated carbocycles. The largest absolute Gasteiger partial charge is 0.497 e. The summed E-state index contributed by atoms with van der Waals surface area (Å²) >= 11 is 0. The Hall–Kier alpha value is -3.61. The van der Waals surface area contributed by atoms with Gasteiger partial charge in [-0.25, -0.2) is 4.79 Å². The van der Waals surface area contributed by atoms with Crippen LogP contribution in [0.2, 0.25) is 0 Å². The second kappa shape index (κ2) is 9.47. The highest BCUT2D eigenvalue weighted by atomic mass is 16.5. The lowest BCUT2D eigenvalue weighted by molar-refractivity contribution is 0.208. The molecule has 0 aliphatic carbocycles. The molecule has 1 aliphatic rings. The van der Waals surface area contributed by atoms with Crippen LogP contribution in [-0.4, -0.2) is 54.4 Å². The Labute approximate surface area is 182 Å². The Morgan fingerprint density at radius 3 is 2.52 bits per heavy atom. The minimum absolute atomic E-state index is 0.0555. The number of nitrogens with zero attached hydrogens (tertiary/aromatic N) is 4. The number of hydrogen-bond acceptors (Lipinski definition) is 5. The number of ether oxygens (including phenoxy) is 1. The highest BCUT2D eigenvalue weighted by Crippen LogP contribution is 2.23. The number of amides is 2. The van der Waals surface area contributed by atoms with Crippen molar-refractivity contribution in [2.24, 2.45) is 0 Å². The average Bonchev–Trinajstić information content (AvgIpc) is 2.84. The van der Waals surface area contributed by atoms with E-state index in [0.717, 1.165) is 53.6 Å². The number of methoxy groups -OCH3 is 1. The fourth-order valence-corrected chi connectivity index (χ4v) is 3.71. The number of benzene rings is 2. The number of aromatic nitrogens is 2. The molecule has 7 heteroatoms. The topological polar surface area (TPSA) is 70.6 Å². The van der Waals surface area contributed by atoms with Crippen LogP contribution in [0.3, 0.4) is 0 Å². The molecule has 4 rings (SSSR count). The second-order valence-corrected chi connectivity index (χ2v) is 7.42. The maximum atomic E-state index is 12.7. The van der Waals surface area contributed by atoms with Crippen molar-refractivity contribution < 1.29 is 9.53 Å². The van der Waals surface area contributed by atoms with Gasteiger partial charge < -0.3 is 19.9 Å². The van der Waals surface area contributed by atoms with Crippen LogP contribution in [0.5, 0.6) is 5.75 Å². The smallest absolute Gasteiger partial charge is 0.321 e. The van der Waals surface area contributed by atoms with Gasteiger partial charge >= 0.3 is 6.03 Å². The van der Waals surface area contributed by atoms with E-state index < -0.39 is 0 Å². The van der Waals surface area contributed by atoms with Crippen molar-refractivity contribution in [3.63, 3.8) is 0 Å². The zero-order valence-electron chi connectivity index (χ0n) is 17.9. The van der Waals surface area contributed by atoms with Gasteiger partial charge in [0.1, 0.15) is 5.75 Å². The molecule has 1 fully saturated rings. The molecule has 2 amide bonds. The van der Waals surface area contributed by atoms with Crippen LogP contribution < -0.4 is 15.0 Å². The number of rotatable bonds is 5. The number of anilines is 2. The highest BCUT2D eigenvalue weighted by Gasteiger charge is 2.22. The fraction of sp³-hybridized carbons (Fsp3) is 0.292. The third kappa shape index (κ3) is 4.77. The summed E-state index contributed by atoms with van der Waals surface area (Å²) in [5.41, 5.74) is 3.79. The summed E-state index contributed by atoms with van der Waals surface area (Å²) < 4.78 is 5.28. The highest BCUT2D eigenvalue weighted by molar-refractivity contribution is 5.90. The molecule has 3 aromatic rings. The van der Waals surface area contributed by atoms with E-state index >= 15 is 0 Å². The maximum absolute atomic E-state index is 12.7. The Kier molecular flexibility index (Phi) is 6.31. The van der Waals surface area contributed by atoms with Gasteiger partial charge in [0.05, 0.1) is 12.8 Å². The van der Waals surface area contributed by atoms with Crippen molar-refractivity contribution in [1.82, 2.24) is 15.1 Å². The first-order valence-corrected chi connectivity index (χ1v) is 10.5. The molecule has 1 N–H and O–H groups in total. The predicted molar refractivity (Wildman–Crippen MR) is 123 cm³/mol. The zero-order chi connectivity index (χ0) is 21.6. The first-order chi connectivity index (χ1) is 15.2. The molecule has 0 radical (unpaired) electrons. The number of hydrogen-bond donors (Lipinski definition) is 1. The molecule has 2 aromatic carbocycles. The number of carbonyl (C=O) groups is 1. The quantitative estimate of drug-likeness (QED) is 0.678. The molecule has 0 unspecified atom stereocenters. The normalized spacial score (nSPS) is 13.7. The lowest BCUT2D eigenvalue weighted by Gasteiger charge is -2.35. The van der Waals surface area contributed by atoms with Gasteiger partial charge in [-0.3, -0.25) is 0 Å². The molecule has 0 spiro atoms. The van der Waals surface area contributed by atoms with Crippen molar-refractivity contribution in [3.05, 3.63) is 66.2 Å². The van der Waals surface area contributed by atoms with Crippen LogP contribution in [0.15, 0.2) is 60.7 Å². The van der Waals surface area contributed by atoms with Crippen LogP contribution >= 0.6 is 0 Å². The molecular weight excluding hydrogens is 390 g/mol. The predicted octanol–water partition coefficient (Wildman–Crippen LogP) is 4.07. The van der Waals surface area contributed by atoms with E-state index in [9.17, 15) is 4.79 Å². The molecule has 1 aromatic heterocycles. The first-order valence-electron chi connectivity index (χ1n) is 10.5. The van der Waals surface area contributed by atoms with Crippen LogP contribution in [0, 0.1) is 0 Å². The zero-order valence-corrected chi connectivity index (χ0v) is 17.9. The van der Waals surface area contributed by atoms with Crippen molar-refractivity contribution in [1.29, 1.82) is 0 Å². The van der Waals surface area contributed by atoms with Gasteiger partial charge in [0.2, 0.25) is 0 Å². The van der Waals surface area contributed by atoms with E-state index in [1.807, 2.05) is 65.6 Å². The molecule has 160 valence electrons. The first kappa shape index (κ1) is 20.7. The number of para-hydroxylation sites is 1. The summed E-state index contributed by atoms with van der Waals surface area (Å²) in [6, 6.07) is 19.6. The fourth-order valence-electron chi connectivity index (χ4n) is 3.71. The van der Waals surface area contributed by atoms with Gasteiger partial charge in [-0.1, -0.05) is 37.3 Å². The molecule has 1 saturated heterocycles. The summed E-state index contributed by atoms with van der Waals surface area (Å²) in [5, 5.41) is 11.9. The van der Waals surface area contributed by atoms with Gasteiger partial charge in [0, 0.05) is 37.4 Å². The molecule has 2 heterocycles. The Morgan fingerprint density at radius 2 is 1.81 bits per heavy atom. The van der Waals surface area contributed by atoms with E-state index in [0.29, 0.717) is 13.1 Å². The average molecular weight is 418 g/mol. The molecule has 1 aliphatic heterocycles. The minimum atomic E-state index is -0.0555. The molecule has 0 atom stereocenters. The Balaban J connectivity index is 1.35. The molecule has 7 nitrogen and oxygen atoms in total. The SMILES string of the molecule is CCc1ccccc1NC(=O)N1CCN(c2ccc(-c3cccc(OC)c3)nn2)CC1. The van der Waals surface area contributed by atoms with E-state index in [-0.39, 0.29) is 6.03 Å². The van der Waals surface area contributed by atoms with Crippen molar-refractivity contribution in [2.45, 2.75) is 13.3 Å². The minimum Gasteiger partial charge on any atom is -0.497 e. The summed E-state index contributed by atoms with van der Waals surface area (Å²) in [6.07, 6.45) is 0.884. The number of piperazine rings is 1. The van der Waals surface area contributed by atoms with Crippen LogP contribution in [0.1, 0.15) is 12.5 Å². The molecular formula is C24H27N5O2. The third-order valence-corrected chi connectivity index (χ3v) is 5.55. The van der Waals surface area contributed by atoms with Crippen LogP contribution in [0.25, 0.3) is 11.3 Å². The monoisotopic (exact) mass is 417 g/mol. The molecule has 0 bridgehead atoms. The van der Waals surface area contributed by atoms with Crippen LogP contribution in [-0.2, 0) is 6.42 Å². The van der Waals surface area contributed by atoms with Crippen molar-refractivity contribution >= 4 is 17.5 Å². The summed E-state index contributed by atoms with van der Waals surface area (Å²) in [5.74, 6) is 1.61. The lowest BCUT2D eigenvalue weighted by atomic mass is 10.1. The standard InChI is InChI=1S/C24H27N5O2/c1-3-18-7-4-5-10-21(18)25-24(30)29-15-13-28(14-16-29)23-12-11-22(26-27-23)19-8-6-9-20(17-19)31-2/h4-12,17H,3,13-16H2,1-2H3,(H,25,30). The number of urea groups is 1. The molecule has 31 heavy (non-hydrogen) atoms. The Bertz CT molecular complexity index is 1030. The summed E-state index contributed by atoms with van der Waals surface area (Å²) in [4.78, 5) is 16.7. The summed E-state index contributed by atoms with van der Waals surface area (Å²) in [6.45, 7) is 4.80. The number of nitrogens with one attached hydrogen (secondary N) is 1. The lowest BCUT2D eigenvalue weighted by Crippen LogP contribution is -2.50. The maximum Gasteiger partial charge on any atom is 0.321 e. The Morgan fingerprint density at radius 1 is 1.00 bits per heavy atom. The second-order valence-electron chi connectivity index (χ2n) is 7.42. The van der Waals surface area contributed by atoms with Gasteiger partial charge in [0.25, 0.3) is 0 Å². The van der Waals surface area contributed by atoms with Crippen molar-refractivity contribution in [2.75, 3.05) is 43.5 Å². The van der Waals surface area contributed by atoms with E-state index in [1.165, 1.54) is 0 Å². The van der Waals surface area contributed by atoms with E-state index in [1.54, 1.807) is 7.11 Å². The van der Waals surface area contributed by atoms with Gasteiger partial charge in [-0.05, 0) is 42.3 Å². The van der Waals surface area contributed by atoms with E-state index in [2.05, 4.69) is 27.3 Å². The van der Waals surface area contributed by atoms with Gasteiger partial charge in [-0.2, -0.15) is 0 Å².